The van der Waals surface area contributed by atoms with Crippen LogP contribution in [0.4, 0.5) is 0 Å². The van der Waals surface area contributed by atoms with E-state index in [1.54, 1.807) is 10.9 Å². The standard InChI is InChI=1S/C21H21N5O3/c1-14(22-15(2)27)20(28)23-24-21(29)18-13-26(17-11-7-4-8-12-17)25-19(18)16-9-5-3-6-10-16/h3-14H,1-2H3,(H,22,27)(H,23,28)(H,24,29). The van der Waals surface area contributed by atoms with Crippen LogP contribution in [0.3, 0.4) is 0 Å². The van der Waals surface area contributed by atoms with Crippen LogP contribution in [0.5, 0.6) is 0 Å². The molecule has 3 amide bonds. The van der Waals surface area contributed by atoms with Crippen molar-refractivity contribution in [3.63, 3.8) is 0 Å². The number of carbonyl (C=O) groups excluding carboxylic acids is 3. The quantitative estimate of drug-likeness (QED) is 0.577. The van der Waals surface area contributed by atoms with Crippen LogP contribution < -0.4 is 16.2 Å². The minimum Gasteiger partial charge on any atom is -0.345 e. The average molecular weight is 391 g/mol. The SMILES string of the molecule is CC(=O)NC(C)C(=O)NNC(=O)c1cn(-c2ccccc2)nc1-c1ccccc1. The van der Waals surface area contributed by atoms with Crippen molar-refractivity contribution >= 4 is 17.7 Å². The summed E-state index contributed by atoms with van der Waals surface area (Å²) in [5, 5.41) is 7.01. The van der Waals surface area contributed by atoms with Gasteiger partial charge in [0.05, 0.1) is 11.3 Å². The van der Waals surface area contributed by atoms with E-state index in [-0.39, 0.29) is 5.91 Å². The number of nitrogens with one attached hydrogen (secondary N) is 3. The van der Waals surface area contributed by atoms with Crippen LogP contribution in [0.2, 0.25) is 0 Å². The summed E-state index contributed by atoms with van der Waals surface area (Å²) in [6.07, 6.45) is 1.61. The van der Waals surface area contributed by atoms with Gasteiger partial charge in [-0.3, -0.25) is 25.2 Å². The predicted octanol–water partition coefficient (Wildman–Crippen LogP) is 1.82. The molecule has 0 saturated carbocycles. The van der Waals surface area contributed by atoms with Crippen molar-refractivity contribution < 1.29 is 14.4 Å². The Labute approximate surface area is 167 Å². The number of hydrogen-bond acceptors (Lipinski definition) is 4. The van der Waals surface area contributed by atoms with Gasteiger partial charge in [0.15, 0.2) is 0 Å². The van der Waals surface area contributed by atoms with Crippen LogP contribution in [0.15, 0.2) is 66.9 Å². The van der Waals surface area contributed by atoms with Gasteiger partial charge in [-0.05, 0) is 19.1 Å². The molecule has 1 heterocycles. The summed E-state index contributed by atoms with van der Waals surface area (Å²) in [5.74, 6) is -1.39. The van der Waals surface area contributed by atoms with E-state index in [9.17, 15) is 14.4 Å². The number of nitrogens with zero attached hydrogens (tertiary/aromatic N) is 2. The van der Waals surface area contributed by atoms with E-state index in [1.807, 2.05) is 60.7 Å². The Hall–Kier alpha value is -3.94. The third kappa shape index (κ3) is 4.86. The molecule has 1 aromatic heterocycles. The molecular weight excluding hydrogens is 370 g/mol. The third-order valence-corrected chi connectivity index (χ3v) is 4.14. The van der Waals surface area contributed by atoms with E-state index in [0.717, 1.165) is 11.3 Å². The zero-order valence-corrected chi connectivity index (χ0v) is 16.0. The Kier molecular flexibility index (Phi) is 6.03. The van der Waals surface area contributed by atoms with Gasteiger partial charge in [0, 0.05) is 18.7 Å². The Morgan fingerprint density at radius 1 is 0.931 bits per heavy atom. The van der Waals surface area contributed by atoms with Crippen molar-refractivity contribution in [1.82, 2.24) is 25.9 Å². The maximum absolute atomic E-state index is 12.8. The molecule has 148 valence electrons. The van der Waals surface area contributed by atoms with Gasteiger partial charge < -0.3 is 5.32 Å². The van der Waals surface area contributed by atoms with Crippen LogP contribution in [0, 0.1) is 0 Å². The topological polar surface area (TPSA) is 105 Å². The number of carbonyl (C=O) groups is 3. The molecule has 3 rings (SSSR count). The fourth-order valence-electron chi connectivity index (χ4n) is 2.73. The highest BCUT2D eigenvalue weighted by Gasteiger charge is 2.20. The molecule has 1 atom stereocenters. The molecule has 0 aliphatic rings. The number of aromatic nitrogens is 2. The molecule has 8 nitrogen and oxygen atoms in total. The number of amides is 3. The number of para-hydroxylation sites is 1. The van der Waals surface area contributed by atoms with Crippen molar-refractivity contribution in [2.45, 2.75) is 19.9 Å². The monoisotopic (exact) mass is 391 g/mol. The van der Waals surface area contributed by atoms with Gasteiger partial charge >= 0.3 is 0 Å². The largest absolute Gasteiger partial charge is 0.345 e. The highest BCUT2D eigenvalue weighted by molar-refractivity contribution is 6.01. The van der Waals surface area contributed by atoms with Crippen molar-refractivity contribution in [3.05, 3.63) is 72.4 Å². The summed E-state index contributed by atoms with van der Waals surface area (Å²) >= 11 is 0. The van der Waals surface area contributed by atoms with Crippen molar-refractivity contribution in [2.75, 3.05) is 0 Å². The highest BCUT2D eigenvalue weighted by Crippen LogP contribution is 2.23. The van der Waals surface area contributed by atoms with E-state index in [0.29, 0.717) is 11.3 Å². The maximum Gasteiger partial charge on any atom is 0.273 e. The van der Waals surface area contributed by atoms with Gasteiger partial charge in [0.1, 0.15) is 11.7 Å². The molecule has 0 fully saturated rings. The molecule has 0 radical (unpaired) electrons. The van der Waals surface area contributed by atoms with Crippen LogP contribution in [-0.4, -0.2) is 33.5 Å². The molecular formula is C21H21N5O3. The highest BCUT2D eigenvalue weighted by atomic mass is 16.2. The Morgan fingerprint density at radius 3 is 2.17 bits per heavy atom. The molecule has 1 unspecified atom stereocenters. The van der Waals surface area contributed by atoms with Crippen molar-refractivity contribution in [3.8, 4) is 16.9 Å². The lowest BCUT2D eigenvalue weighted by Crippen LogP contribution is -2.50. The van der Waals surface area contributed by atoms with E-state index in [1.165, 1.54) is 13.8 Å². The third-order valence-electron chi connectivity index (χ3n) is 4.14. The first-order chi connectivity index (χ1) is 14.0. The first-order valence-electron chi connectivity index (χ1n) is 9.03. The first kappa shape index (κ1) is 19.8. The summed E-state index contributed by atoms with van der Waals surface area (Å²) in [4.78, 5) is 35.9. The van der Waals surface area contributed by atoms with Crippen LogP contribution in [-0.2, 0) is 9.59 Å². The average Bonchev–Trinajstić information content (AvgIpc) is 3.18. The van der Waals surface area contributed by atoms with Crippen molar-refractivity contribution in [1.29, 1.82) is 0 Å². The molecule has 3 aromatic rings. The second-order valence-electron chi connectivity index (χ2n) is 6.40. The molecule has 8 heteroatoms. The van der Waals surface area contributed by atoms with Gasteiger partial charge in [0.25, 0.3) is 11.8 Å². The van der Waals surface area contributed by atoms with E-state index < -0.39 is 17.9 Å². The lowest BCUT2D eigenvalue weighted by Gasteiger charge is -2.13. The normalized spacial score (nSPS) is 11.4. The maximum atomic E-state index is 12.8. The first-order valence-corrected chi connectivity index (χ1v) is 9.03. The lowest BCUT2D eigenvalue weighted by atomic mass is 10.1. The molecule has 0 aliphatic heterocycles. The van der Waals surface area contributed by atoms with Gasteiger partial charge in [0.2, 0.25) is 5.91 Å². The van der Waals surface area contributed by atoms with Crippen LogP contribution in [0.1, 0.15) is 24.2 Å². The molecule has 0 bridgehead atoms. The minimum atomic E-state index is -0.784. The summed E-state index contributed by atoms with van der Waals surface area (Å²) in [5.41, 5.74) is 7.06. The molecule has 0 saturated heterocycles. The number of hydrogen-bond donors (Lipinski definition) is 3. The minimum absolute atomic E-state index is 0.299. The Bertz CT molecular complexity index is 1020. The zero-order valence-electron chi connectivity index (χ0n) is 16.0. The Morgan fingerprint density at radius 2 is 1.55 bits per heavy atom. The number of benzene rings is 2. The summed E-state index contributed by atoms with van der Waals surface area (Å²) in [6.45, 7) is 2.83. The fourth-order valence-corrected chi connectivity index (χ4v) is 2.73. The van der Waals surface area contributed by atoms with Gasteiger partial charge in [-0.15, -0.1) is 0 Å². The second-order valence-corrected chi connectivity index (χ2v) is 6.40. The van der Waals surface area contributed by atoms with Gasteiger partial charge in [-0.25, -0.2) is 4.68 Å². The summed E-state index contributed by atoms with van der Waals surface area (Å²) < 4.78 is 1.61. The second kappa shape index (κ2) is 8.83. The van der Waals surface area contributed by atoms with E-state index in [4.69, 9.17) is 0 Å². The number of hydrazine groups is 1. The van der Waals surface area contributed by atoms with E-state index in [2.05, 4.69) is 21.3 Å². The zero-order chi connectivity index (χ0) is 20.8. The molecule has 29 heavy (non-hydrogen) atoms. The number of rotatable bonds is 5. The van der Waals surface area contributed by atoms with Gasteiger partial charge in [-0.1, -0.05) is 48.5 Å². The van der Waals surface area contributed by atoms with Gasteiger partial charge in [-0.2, -0.15) is 5.10 Å². The van der Waals surface area contributed by atoms with E-state index >= 15 is 0 Å². The molecule has 0 spiro atoms. The fraction of sp³-hybridized carbons (Fsp3) is 0.143. The molecule has 2 aromatic carbocycles. The predicted molar refractivity (Wildman–Crippen MR) is 108 cm³/mol. The van der Waals surface area contributed by atoms with Crippen LogP contribution >= 0.6 is 0 Å². The molecule has 0 aliphatic carbocycles. The van der Waals surface area contributed by atoms with Crippen LogP contribution in [0.25, 0.3) is 16.9 Å². The summed E-state index contributed by atoms with van der Waals surface area (Å²) in [6, 6.07) is 17.9. The Balaban J connectivity index is 1.85. The molecule has 3 N–H and O–H groups in total. The summed E-state index contributed by atoms with van der Waals surface area (Å²) in [7, 11) is 0. The lowest BCUT2D eigenvalue weighted by molar-refractivity contribution is -0.128. The smallest absolute Gasteiger partial charge is 0.273 e. The van der Waals surface area contributed by atoms with Crippen molar-refractivity contribution in [2.24, 2.45) is 0 Å².